The number of hydrogen-bond acceptors (Lipinski definition) is 8. The van der Waals surface area contributed by atoms with Gasteiger partial charge in [0.25, 0.3) is 0 Å². The fraction of sp³-hybridized carbons (Fsp3) is 0.520. The van der Waals surface area contributed by atoms with Gasteiger partial charge in [-0.2, -0.15) is 19.6 Å². The second-order valence-corrected chi connectivity index (χ2v) is 9.17. The molecule has 4 rings (SSSR count). The van der Waals surface area contributed by atoms with Crippen molar-refractivity contribution >= 4 is 17.7 Å². The SMILES string of the molecule is COc1cccc([C@H](C)Nc2nc(OCCN(C)C(=O)OC3CCC3)nc3c(C(C)C)cnn23)c1. The Kier molecular flexibility index (Phi) is 7.57. The number of fused-ring (bicyclic) bond motifs is 1. The second-order valence-electron chi connectivity index (χ2n) is 9.17. The first-order chi connectivity index (χ1) is 16.9. The Bertz CT molecular complexity index is 1160. The molecular formula is C25H34N6O4. The lowest BCUT2D eigenvalue weighted by atomic mass is 9.96. The number of carbonyl (C=O) groups is 1. The molecule has 0 aliphatic heterocycles. The van der Waals surface area contributed by atoms with Crippen molar-refractivity contribution in [3.63, 3.8) is 0 Å². The van der Waals surface area contributed by atoms with Crippen LogP contribution in [0.2, 0.25) is 0 Å². The first kappa shape index (κ1) is 24.6. The van der Waals surface area contributed by atoms with Gasteiger partial charge >= 0.3 is 12.1 Å². The Morgan fingerprint density at radius 1 is 1.26 bits per heavy atom. The quantitative estimate of drug-likeness (QED) is 0.453. The second kappa shape index (κ2) is 10.8. The van der Waals surface area contributed by atoms with E-state index in [1.807, 2.05) is 37.4 Å². The number of ether oxygens (including phenoxy) is 3. The van der Waals surface area contributed by atoms with Crippen LogP contribution in [0.15, 0.2) is 30.5 Å². The van der Waals surface area contributed by atoms with Gasteiger partial charge in [-0.05, 0) is 49.8 Å². The molecule has 1 saturated carbocycles. The maximum absolute atomic E-state index is 12.2. The summed E-state index contributed by atoms with van der Waals surface area (Å²) in [6, 6.07) is 8.02. The van der Waals surface area contributed by atoms with E-state index in [2.05, 4.69) is 34.2 Å². The van der Waals surface area contributed by atoms with Crippen LogP contribution in [0.3, 0.4) is 0 Å². The van der Waals surface area contributed by atoms with Gasteiger partial charge in [0.15, 0.2) is 5.65 Å². The van der Waals surface area contributed by atoms with Crippen molar-refractivity contribution in [1.29, 1.82) is 0 Å². The molecule has 3 aromatic rings. The summed E-state index contributed by atoms with van der Waals surface area (Å²) in [5.41, 5.74) is 2.72. The van der Waals surface area contributed by atoms with Crippen LogP contribution in [0.25, 0.3) is 5.65 Å². The van der Waals surface area contributed by atoms with Crippen LogP contribution in [-0.4, -0.2) is 64.0 Å². The van der Waals surface area contributed by atoms with Crippen molar-refractivity contribution in [2.45, 2.75) is 58.1 Å². The molecule has 188 valence electrons. The molecule has 0 spiro atoms. The molecule has 2 heterocycles. The van der Waals surface area contributed by atoms with Gasteiger partial charge < -0.3 is 24.4 Å². The number of benzene rings is 1. The summed E-state index contributed by atoms with van der Waals surface area (Å²) in [5.74, 6) is 1.53. The first-order valence-corrected chi connectivity index (χ1v) is 12.1. The summed E-state index contributed by atoms with van der Waals surface area (Å²) in [7, 11) is 3.35. The van der Waals surface area contributed by atoms with Gasteiger partial charge in [0, 0.05) is 12.6 Å². The lowest BCUT2D eigenvalue weighted by molar-refractivity contribution is 0.0293. The molecule has 35 heavy (non-hydrogen) atoms. The lowest BCUT2D eigenvalue weighted by Gasteiger charge is -2.27. The highest BCUT2D eigenvalue weighted by atomic mass is 16.6. The smallest absolute Gasteiger partial charge is 0.409 e. The van der Waals surface area contributed by atoms with Gasteiger partial charge in [-0.3, -0.25) is 0 Å². The van der Waals surface area contributed by atoms with E-state index in [1.165, 1.54) is 4.90 Å². The highest BCUT2D eigenvalue weighted by Gasteiger charge is 2.23. The van der Waals surface area contributed by atoms with E-state index in [4.69, 9.17) is 14.2 Å². The summed E-state index contributed by atoms with van der Waals surface area (Å²) < 4.78 is 18.4. The number of amides is 1. The van der Waals surface area contributed by atoms with E-state index in [-0.39, 0.29) is 36.8 Å². The van der Waals surface area contributed by atoms with Gasteiger partial charge in [0.1, 0.15) is 18.5 Å². The Morgan fingerprint density at radius 2 is 2.06 bits per heavy atom. The monoisotopic (exact) mass is 482 g/mol. The van der Waals surface area contributed by atoms with Crippen molar-refractivity contribution in [3.05, 3.63) is 41.6 Å². The summed E-state index contributed by atoms with van der Waals surface area (Å²) >= 11 is 0. The van der Waals surface area contributed by atoms with E-state index < -0.39 is 0 Å². The number of aromatic nitrogens is 4. The molecule has 1 N–H and O–H groups in total. The zero-order chi connectivity index (χ0) is 24.9. The Balaban J connectivity index is 1.50. The standard InChI is InChI=1S/C25H34N6O4/c1-16(2)21-15-26-31-22(21)28-24(34-13-12-30(4)25(32)35-19-9-7-10-19)29-23(31)27-17(3)18-8-6-11-20(14-18)33-5/h6,8,11,14-17,19H,7,9-10,12-13H2,1-5H3,(H,27,28,29)/t17-/m0/s1. The predicted octanol–water partition coefficient (Wildman–Crippen LogP) is 4.43. The minimum absolute atomic E-state index is 0.0492. The number of rotatable bonds is 10. The summed E-state index contributed by atoms with van der Waals surface area (Å²) in [6.45, 7) is 6.82. The number of likely N-dealkylation sites (N-methyl/N-ethyl adjacent to an activating group) is 1. The van der Waals surface area contributed by atoms with Crippen molar-refractivity contribution in [2.24, 2.45) is 0 Å². The number of hydrogen-bond donors (Lipinski definition) is 1. The van der Waals surface area contributed by atoms with Crippen LogP contribution in [-0.2, 0) is 4.74 Å². The Morgan fingerprint density at radius 3 is 2.74 bits per heavy atom. The van der Waals surface area contributed by atoms with E-state index >= 15 is 0 Å². The highest BCUT2D eigenvalue weighted by Crippen LogP contribution is 2.26. The third-order valence-electron chi connectivity index (χ3n) is 6.23. The molecule has 0 bridgehead atoms. The predicted molar refractivity (Wildman–Crippen MR) is 132 cm³/mol. The molecular weight excluding hydrogens is 448 g/mol. The molecule has 10 nitrogen and oxygen atoms in total. The fourth-order valence-electron chi connectivity index (χ4n) is 3.71. The number of anilines is 1. The average molecular weight is 483 g/mol. The van der Waals surface area contributed by atoms with Crippen LogP contribution in [0.1, 0.15) is 63.1 Å². The molecule has 1 aromatic carbocycles. The third kappa shape index (κ3) is 5.75. The summed E-state index contributed by atoms with van der Waals surface area (Å²) in [6.07, 6.45) is 4.53. The lowest BCUT2D eigenvalue weighted by Crippen LogP contribution is -2.36. The van der Waals surface area contributed by atoms with Crippen LogP contribution < -0.4 is 14.8 Å². The number of carbonyl (C=O) groups excluding carboxylic acids is 1. The minimum Gasteiger partial charge on any atom is -0.497 e. The molecule has 1 amide bonds. The zero-order valence-corrected chi connectivity index (χ0v) is 21.0. The molecule has 10 heteroatoms. The maximum Gasteiger partial charge on any atom is 0.409 e. The van der Waals surface area contributed by atoms with Gasteiger partial charge in [-0.1, -0.05) is 26.0 Å². The van der Waals surface area contributed by atoms with Crippen LogP contribution >= 0.6 is 0 Å². The minimum atomic E-state index is -0.331. The van der Waals surface area contributed by atoms with Crippen LogP contribution in [0, 0.1) is 0 Å². The number of nitrogens with one attached hydrogen (secondary N) is 1. The Labute approximate surface area is 205 Å². The summed E-state index contributed by atoms with van der Waals surface area (Å²) in [5, 5.41) is 7.94. The number of methoxy groups -OCH3 is 1. The van der Waals surface area contributed by atoms with E-state index in [0.717, 1.165) is 36.1 Å². The molecule has 0 radical (unpaired) electrons. The topological polar surface area (TPSA) is 103 Å². The summed E-state index contributed by atoms with van der Waals surface area (Å²) in [4.78, 5) is 22.9. The molecule has 1 atom stereocenters. The molecule has 2 aromatic heterocycles. The van der Waals surface area contributed by atoms with E-state index in [0.29, 0.717) is 18.1 Å². The van der Waals surface area contributed by atoms with E-state index in [1.54, 1.807) is 18.7 Å². The molecule has 1 aliphatic rings. The van der Waals surface area contributed by atoms with E-state index in [9.17, 15) is 4.79 Å². The highest BCUT2D eigenvalue weighted by molar-refractivity contribution is 5.67. The molecule has 0 unspecified atom stereocenters. The average Bonchev–Trinajstić information content (AvgIpc) is 3.26. The van der Waals surface area contributed by atoms with Crippen LogP contribution in [0.5, 0.6) is 11.8 Å². The van der Waals surface area contributed by atoms with Gasteiger partial charge in [-0.25, -0.2) is 4.79 Å². The Hall–Kier alpha value is -3.56. The molecule has 1 aliphatic carbocycles. The molecule has 1 fully saturated rings. The van der Waals surface area contributed by atoms with Crippen molar-refractivity contribution in [2.75, 3.05) is 32.6 Å². The third-order valence-corrected chi connectivity index (χ3v) is 6.23. The van der Waals surface area contributed by atoms with Crippen molar-refractivity contribution < 1.29 is 19.0 Å². The number of nitrogens with zero attached hydrogens (tertiary/aromatic N) is 5. The van der Waals surface area contributed by atoms with Gasteiger partial charge in [-0.15, -0.1) is 0 Å². The van der Waals surface area contributed by atoms with Crippen molar-refractivity contribution in [1.82, 2.24) is 24.5 Å². The maximum atomic E-state index is 12.2. The largest absolute Gasteiger partial charge is 0.497 e. The normalized spacial score (nSPS) is 14.5. The van der Waals surface area contributed by atoms with Crippen LogP contribution in [0.4, 0.5) is 10.7 Å². The van der Waals surface area contributed by atoms with Gasteiger partial charge in [0.05, 0.1) is 25.9 Å². The molecule has 0 saturated heterocycles. The van der Waals surface area contributed by atoms with Gasteiger partial charge in [0.2, 0.25) is 5.95 Å². The first-order valence-electron chi connectivity index (χ1n) is 12.1. The van der Waals surface area contributed by atoms with Crippen molar-refractivity contribution in [3.8, 4) is 11.8 Å². The fourth-order valence-corrected chi connectivity index (χ4v) is 3.71. The zero-order valence-electron chi connectivity index (χ0n) is 21.0.